The molecular formula is C10H21NO2. The Balaban J connectivity index is 3.67. The SMILES string of the molecule is CCCCNC(CC)C(=O)OCC. The van der Waals surface area contributed by atoms with Gasteiger partial charge in [0.05, 0.1) is 6.61 Å². The maximum atomic E-state index is 11.3. The molecule has 0 aliphatic rings. The number of hydrogen-bond acceptors (Lipinski definition) is 3. The van der Waals surface area contributed by atoms with Gasteiger partial charge in [-0.1, -0.05) is 20.3 Å². The Bertz CT molecular complexity index is 137. The van der Waals surface area contributed by atoms with Crippen LogP contribution in [0.25, 0.3) is 0 Å². The minimum absolute atomic E-state index is 0.119. The van der Waals surface area contributed by atoms with Crippen molar-refractivity contribution in [3.63, 3.8) is 0 Å². The van der Waals surface area contributed by atoms with Crippen LogP contribution in [-0.2, 0) is 9.53 Å². The number of carbonyl (C=O) groups is 1. The van der Waals surface area contributed by atoms with Crippen molar-refractivity contribution < 1.29 is 9.53 Å². The van der Waals surface area contributed by atoms with Crippen molar-refractivity contribution in [3.8, 4) is 0 Å². The molecule has 0 aliphatic heterocycles. The molecule has 0 aromatic heterocycles. The molecule has 0 fully saturated rings. The van der Waals surface area contributed by atoms with Crippen LogP contribution in [0.3, 0.4) is 0 Å². The minimum atomic E-state index is -0.124. The molecule has 0 heterocycles. The van der Waals surface area contributed by atoms with Gasteiger partial charge < -0.3 is 10.1 Å². The molecule has 0 aromatic carbocycles. The average Bonchev–Trinajstić information content (AvgIpc) is 2.13. The van der Waals surface area contributed by atoms with E-state index < -0.39 is 0 Å². The summed E-state index contributed by atoms with van der Waals surface area (Å²) in [4.78, 5) is 11.3. The summed E-state index contributed by atoms with van der Waals surface area (Å²) in [5.41, 5.74) is 0. The van der Waals surface area contributed by atoms with E-state index in [1.807, 2.05) is 13.8 Å². The molecule has 3 nitrogen and oxygen atoms in total. The molecule has 0 amide bonds. The highest BCUT2D eigenvalue weighted by Crippen LogP contribution is 1.95. The van der Waals surface area contributed by atoms with Crippen molar-refractivity contribution in [2.45, 2.75) is 46.1 Å². The van der Waals surface area contributed by atoms with Gasteiger partial charge in [-0.2, -0.15) is 0 Å². The van der Waals surface area contributed by atoms with Crippen molar-refractivity contribution in [2.75, 3.05) is 13.2 Å². The Morgan fingerprint density at radius 3 is 2.54 bits per heavy atom. The van der Waals surface area contributed by atoms with Crippen molar-refractivity contribution in [3.05, 3.63) is 0 Å². The molecule has 13 heavy (non-hydrogen) atoms. The summed E-state index contributed by atoms with van der Waals surface area (Å²) in [6, 6.07) is -0.119. The van der Waals surface area contributed by atoms with Crippen LogP contribution >= 0.6 is 0 Å². The summed E-state index contributed by atoms with van der Waals surface area (Å²) in [6.07, 6.45) is 3.05. The highest BCUT2D eigenvalue weighted by atomic mass is 16.5. The second kappa shape index (κ2) is 8.05. The minimum Gasteiger partial charge on any atom is -0.465 e. The zero-order valence-electron chi connectivity index (χ0n) is 8.93. The molecule has 0 radical (unpaired) electrons. The van der Waals surface area contributed by atoms with Gasteiger partial charge in [-0.3, -0.25) is 4.79 Å². The lowest BCUT2D eigenvalue weighted by atomic mass is 10.2. The van der Waals surface area contributed by atoms with Gasteiger partial charge >= 0.3 is 5.97 Å². The summed E-state index contributed by atoms with van der Waals surface area (Å²) >= 11 is 0. The standard InChI is InChI=1S/C10H21NO2/c1-4-7-8-11-9(5-2)10(12)13-6-3/h9,11H,4-8H2,1-3H3. The first kappa shape index (κ1) is 12.4. The van der Waals surface area contributed by atoms with Crippen LogP contribution in [-0.4, -0.2) is 25.2 Å². The summed E-state index contributed by atoms with van der Waals surface area (Å²) in [6.45, 7) is 7.31. The normalized spacial score (nSPS) is 12.5. The molecule has 0 bridgehead atoms. The highest BCUT2D eigenvalue weighted by molar-refractivity contribution is 5.75. The smallest absolute Gasteiger partial charge is 0.323 e. The Morgan fingerprint density at radius 1 is 1.38 bits per heavy atom. The molecule has 1 unspecified atom stereocenters. The Labute approximate surface area is 80.8 Å². The van der Waals surface area contributed by atoms with E-state index in [0.717, 1.165) is 25.8 Å². The van der Waals surface area contributed by atoms with Crippen LogP contribution in [0.2, 0.25) is 0 Å². The first-order valence-corrected chi connectivity index (χ1v) is 5.16. The van der Waals surface area contributed by atoms with Crippen LogP contribution in [0.15, 0.2) is 0 Å². The van der Waals surface area contributed by atoms with Crippen molar-refractivity contribution in [1.82, 2.24) is 5.32 Å². The highest BCUT2D eigenvalue weighted by Gasteiger charge is 2.15. The molecule has 0 saturated carbocycles. The zero-order valence-corrected chi connectivity index (χ0v) is 8.93. The van der Waals surface area contributed by atoms with Gasteiger partial charge in [-0.15, -0.1) is 0 Å². The van der Waals surface area contributed by atoms with E-state index in [2.05, 4.69) is 12.2 Å². The van der Waals surface area contributed by atoms with Gasteiger partial charge in [0, 0.05) is 0 Å². The third-order valence-corrected chi connectivity index (χ3v) is 1.90. The van der Waals surface area contributed by atoms with E-state index >= 15 is 0 Å². The van der Waals surface area contributed by atoms with Gasteiger partial charge in [0.2, 0.25) is 0 Å². The lowest BCUT2D eigenvalue weighted by Gasteiger charge is -2.14. The number of hydrogen-bond donors (Lipinski definition) is 1. The van der Waals surface area contributed by atoms with Gasteiger partial charge in [-0.25, -0.2) is 0 Å². The van der Waals surface area contributed by atoms with Gasteiger partial charge in [0.1, 0.15) is 6.04 Å². The molecule has 1 N–H and O–H groups in total. The van der Waals surface area contributed by atoms with E-state index in [1.54, 1.807) is 0 Å². The average molecular weight is 187 g/mol. The molecular weight excluding hydrogens is 166 g/mol. The van der Waals surface area contributed by atoms with Crippen molar-refractivity contribution in [1.29, 1.82) is 0 Å². The molecule has 78 valence electrons. The maximum absolute atomic E-state index is 11.3. The lowest BCUT2D eigenvalue weighted by Crippen LogP contribution is -2.38. The Morgan fingerprint density at radius 2 is 2.08 bits per heavy atom. The van der Waals surface area contributed by atoms with Crippen LogP contribution in [0, 0.1) is 0 Å². The fourth-order valence-electron chi connectivity index (χ4n) is 1.09. The first-order valence-electron chi connectivity index (χ1n) is 5.16. The Kier molecular flexibility index (Phi) is 7.69. The van der Waals surface area contributed by atoms with E-state index in [9.17, 15) is 4.79 Å². The summed E-state index contributed by atoms with van der Waals surface area (Å²) in [5.74, 6) is -0.124. The second-order valence-corrected chi connectivity index (χ2v) is 3.02. The van der Waals surface area contributed by atoms with E-state index in [-0.39, 0.29) is 12.0 Å². The van der Waals surface area contributed by atoms with Crippen LogP contribution < -0.4 is 5.32 Å². The zero-order chi connectivity index (χ0) is 10.1. The van der Waals surface area contributed by atoms with Gasteiger partial charge in [0.15, 0.2) is 0 Å². The lowest BCUT2D eigenvalue weighted by molar-refractivity contribution is -0.145. The summed E-state index contributed by atoms with van der Waals surface area (Å²) in [7, 11) is 0. The van der Waals surface area contributed by atoms with E-state index in [1.165, 1.54) is 0 Å². The molecule has 0 aromatic rings. The number of unbranched alkanes of at least 4 members (excludes halogenated alkanes) is 1. The van der Waals surface area contributed by atoms with Crippen molar-refractivity contribution in [2.24, 2.45) is 0 Å². The van der Waals surface area contributed by atoms with Crippen LogP contribution in [0.1, 0.15) is 40.0 Å². The maximum Gasteiger partial charge on any atom is 0.323 e. The fraction of sp³-hybridized carbons (Fsp3) is 0.900. The van der Waals surface area contributed by atoms with Crippen LogP contribution in [0.5, 0.6) is 0 Å². The van der Waals surface area contributed by atoms with Crippen LogP contribution in [0.4, 0.5) is 0 Å². The summed E-state index contributed by atoms with van der Waals surface area (Å²) in [5, 5.41) is 3.18. The van der Waals surface area contributed by atoms with E-state index in [0.29, 0.717) is 6.61 Å². The predicted octanol–water partition coefficient (Wildman–Crippen LogP) is 1.72. The van der Waals surface area contributed by atoms with E-state index in [4.69, 9.17) is 4.74 Å². The fourth-order valence-corrected chi connectivity index (χ4v) is 1.09. The number of ether oxygens (including phenoxy) is 1. The Hall–Kier alpha value is -0.570. The molecule has 1 atom stereocenters. The molecule has 0 aliphatic carbocycles. The monoisotopic (exact) mass is 187 g/mol. The van der Waals surface area contributed by atoms with Gasteiger partial charge in [0.25, 0.3) is 0 Å². The topological polar surface area (TPSA) is 38.3 Å². The molecule has 3 heteroatoms. The predicted molar refractivity (Wildman–Crippen MR) is 53.6 cm³/mol. The second-order valence-electron chi connectivity index (χ2n) is 3.02. The molecule has 0 saturated heterocycles. The van der Waals surface area contributed by atoms with Crippen molar-refractivity contribution >= 4 is 5.97 Å². The molecule has 0 spiro atoms. The third-order valence-electron chi connectivity index (χ3n) is 1.90. The number of carbonyl (C=O) groups excluding carboxylic acids is 1. The third kappa shape index (κ3) is 5.64. The largest absolute Gasteiger partial charge is 0.465 e. The molecule has 0 rings (SSSR count). The summed E-state index contributed by atoms with van der Waals surface area (Å²) < 4.78 is 4.92. The van der Waals surface area contributed by atoms with Gasteiger partial charge in [-0.05, 0) is 26.3 Å². The first-order chi connectivity index (χ1) is 6.26. The quantitative estimate of drug-likeness (QED) is 0.487. The number of rotatable bonds is 7. The number of esters is 1. The number of nitrogens with one attached hydrogen (secondary N) is 1.